The molecule has 2 aromatic rings. The number of pyridine rings is 1. The van der Waals surface area contributed by atoms with E-state index in [9.17, 15) is 4.79 Å². The van der Waals surface area contributed by atoms with E-state index < -0.39 is 0 Å². The van der Waals surface area contributed by atoms with Gasteiger partial charge in [0.1, 0.15) is 0 Å². The Hall–Kier alpha value is -1.22. The zero-order chi connectivity index (χ0) is 15.1. The molecule has 0 aliphatic rings. The van der Waals surface area contributed by atoms with Crippen LogP contribution in [0.15, 0.2) is 29.1 Å². The van der Waals surface area contributed by atoms with E-state index in [0.29, 0.717) is 0 Å². The first-order valence-electron chi connectivity index (χ1n) is 8.00. The largest absolute Gasteiger partial charge is 0.358 e. The quantitative estimate of drug-likeness (QED) is 0.546. The second-order valence-corrected chi connectivity index (χ2v) is 6.12. The van der Waals surface area contributed by atoms with Crippen molar-refractivity contribution in [3.8, 4) is 0 Å². The van der Waals surface area contributed by atoms with Crippen LogP contribution in [-0.2, 0) is 12.8 Å². The first-order chi connectivity index (χ1) is 10.2. The maximum absolute atomic E-state index is 12.3. The fourth-order valence-corrected chi connectivity index (χ4v) is 2.95. The topological polar surface area (TPSA) is 32.9 Å². The lowest BCUT2D eigenvalue weighted by atomic mass is 10.1. The number of hydrogen-bond donors (Lipinski definition) is 2. The van der Waals surface area contributed by atoms with Gasteiger partial charge in [-0.15, -0.1) is 0 Å². The predicted molar refractivity (Wildman–Crippen MR) is 94.6 cm³/mol. The molecule has 114 valence electrons. The Morgan fingerprint density at radius 3 is 2.62 bits per heavy atom. The Kier molecular flexibility index (Phi) is 6.37. The minimum Gasteiger partial charge on any atom is -0.358 e. The highest BCUT2D eigenvalue weighted by atomic mass is 32.1. The third-order valence-corrected chi connectivity index (χ3v) is 4.12. The highest BCUT2D eigenvalue weighted by molar-refractivity contribution is 7.80. The van der Waals surface area contributed by atoms with Gasteiger partial charge in [-0.05, 0) is 42.7 Å². The molecule has 1 heterocycles. The van der Waals surface area contributed by atoms with E-state index in [0.717, 1.165) is 41.6 Å². The third kappa shape index (κ3) is 4.63. The number of benzene rings is 1. The zero-order valence-electron chi connectivity index (χ0n) is 12.8. The maximum Gasteiger partial charge on any atom is 0.189 e. The van der Waals surface area contributed by atoms with Gasteiger partial charge in [0.15, 0.2) is 5.43 Å². The van der Waals surface area contributed by atoms with Crippen molar-refractivity contribution in [2.75, 3.05) is 5.75 Å². The number of thiol groups is 1. The van der Waals surface area contributed by atoms with Gasteiger partial charge in [0.2, 0.25) is 0 Å². The second kappa shape index (κ2) is 8.28. The van der Waals surface area contributed by atoms with Crippen molar-refractivity contribution < 1.29 is 0 Å². The first-order valence-corrected chi connectivity index (χ1v) is 8.63. The van der Waals surface area contributed by atoms with Gasteiger partial charge in [-0.3, -0.25) is 4.79 Å². The summed E-state index contributed by atoms with van der Waals surface area (Å²) < 4.78 is 0. The van der Waals surface area contributed by atoms with Crippen LogP contribution in [0.5, 0.6) is 0 Å². The van der Waals surface area contributed by atoms with Crippen LogP contribution in [-0.4, -0.2) is 10.7 Å². The van der Waals surface area contributed by atoms with Crippen LogP contribution in [0.1, 0.15) is 50.3 Å². The van der Waals surface area contributed by atoms with Crippen LogP contribution in [0.3, 0.4) is 0 Å². The number of hydrogen-bond acceptors (Lipinski definition) is 2. The Morgan fingerprint density at radius 1 is 1.05 bits per heavy atom. The summed E-state index contributed by atoms with van der Waals surface area (Å²) in [7, 11) is 0. The van der Waals surface area contributed by atoms with Gasteiger partial charge in [0.25, 0.3) is 0 Å². The molecule has 21 heavy (non-hydrogen) atoms. The van der Waals surface area contributed by atoms with E-state index in [4.69, 9.17) is 0 Å². The average molecular weight is 303 g/mol. The molecule has 0 unspecified atom stereocenters. The van der Waals surface area contributed by atoms with Crippen LogP contribution in [0.2, 0.25) is 0 Å². The molecule has 0 spiro atoms. The minimum atomic E-state index is 0.133. The molecule has 0 amide bonds. The summed E-state index contributed by atoms with van der Waals surface area (Å²) in [6.45, 7) is 2.23. The number of nitrogens with one attached hydrogen (secondary N) is 1. The number of aryl methyl sites for hydroxylation is 2. The summed E-state index contributed by atoms with van der Waals surface area (Å²) in [4.78, 5) is 15.7. The fourth-order valence-electron chi connectivity index (χ4n) is 2.69. The van der Waals surface area contributed by atoms with E-state index in [1.54, 1.807) is 6.07 Å². The Bertz CT molecular complexity index is 633. The standard InChI is InChI=1S/C18H25NOS/c1-2-3-4-5-6-7-15-13-18(20)16-12-14(10-11-21)8-9-17(16)19-15/h8-9,12-13,21H,2-7,10-11H2,1H3,(H,19,20). The molecule has 1 N–H and O–H groups in total. The van der Waals surface area contributed by atoms with Crippen LogP contribution >= 0.6 is 12.6 Å². The van der Waals surface area contributed by atoms with E-state index in [-0.39, 0.29) is 5.43 Å². The molecule has 0 radical (unpaired) electrons. The van der Waals surface area contributed by atoms with Crippen LogP contribution in [0.4, 0.5) is 0 Å². The lowest BCUT2D eigenvalue weighted by molar-refractivity contribution is 0.628. The Labute approximate surface area is 132 Å². The lowest BCUT2D eigenvalue weighted by Crippen LogP contribution is -2.06. The molecule has 0 saturated carbocycles. The van der Waals surface area contributed by atoms with Gasteiger partial charge in [-0.2, -0.15) is 12.6 Å². The Balaban J connectivity index is 2.10. The van der Waals surface area contributed by atoms with Crippen LogP contribution in [0.25, 0.3) is 10.9 Å². The summed E-state index contributed by atoms with van der Waals surface area (Å²) >= 11 is 4.25. The van der Waals surface area contributed by atoms with Gasteiger partial charge in [-0.25, -0.2) is 0 Å². The molecule has 3 heteroatoms. The van der Waals surface area contributed by atoms with E-state index in [2.05, 4.69) is 30.6 Å². The van der Waals surface area contributed by atoms with Gasteiger partial charge in [0, 0.05) is 22.7 Å². The van der Waals surface area contributed by atoms with E-state index in [1.807, 2.05) is 12.1 Å². The molecular formula is C18H25NOS. The number of H-pyrrole nitrogens is 1. The number of unbranched alkanes of at least 4 members (excludes halogenated alkanes) is 4. The fraction of sp³-hybridized carbons (Fsp3) is 0.500. The highest BCUT2D eigenvalue weighted by Gasteiger charge is 2.04. The summed E-state index contributed by atoms with van der Waals surface area (Å²) in [6, 6.07) is 7.87. The number of aromatic nitrogens is 1. The van der Waals surface area contributed by atoms with Crippen molar-refractivity contribution >= 4 is 23.5 Å². The molecule has 0 saturated heterocycles. The molecule has 0 fully saturated rings. The molecule has 1 aromatic carbocycles. The molecule has 2 nitrogen and oxygen atoms in total. The number of fused-ring (bicyclic) bond motifs is 1. The molecule has 0 atom stereocenters. The van der Waals surface area contributed by atoms with Crippen molar-refractivity contribution in [2.24, 2.45) is 0 Å². The molecule has 0 aliphatic heterocycles. The Morgan fingerprint density at radius 2 is 1.86 bits per heavy atom. The maximum atomic E-state index is 12.3. The summed E-state index contributed by atoms with van der Waals surface area (Å²) in [5, 5.41) is 0.795. The average Bonchev–Trinajstić information content (AvgIpc) is 2.48. The number of aromatic amines is 1. The van der Waals surface area contributed by atoms with Crippen LogP contribution < -0.4 is 5.43 Å². The van der Waals surface area contributed by atoms with Crippen molar-refractivity contribution in [2.45, 2.75) is 51.9 Å². The molecule has 1 aromatic heterocycles. The third-order valence-electron chi connectivity index (χ3n) is 3.90. The highest BCUT2D eigenvalue weighted by Crippen LogP contribution is 2.14. The second-order valence-electron chi connectivity index (χ2n) is 5.68. The predicted octanol–water partition coefficient (Wildman–Crippen LogP) is 4.51. The van der Waals surface area contributed by atoms with Crippen molar-refractivity contribution in [3.63, 3.8) is 0 Å². The lowest BCUT2D eigenvalue weighted by Gasteiger charge is -2.06. The molecule has 2 rings (SSSR count). The van der Waals surface area contributed by atoms with Gasteiger partial charge >= 0.3 is 0 Å². The normalized spacial score (nSPS) is 11.1. The summed E-state index contributed by atoms with van der Waals surface area (Å²) in [5.74, 6) is 0.805. The first kappa shape index (κ1) is 16.2. The smallest absolute Gasteiger partial charge is 0.189 e. The van der Waals surface area contributed by atoms with E-state index in [1.165, 1.54) is 31.2 Å². The van der Waals surface area contributed by atoms with Crippen molar-refractivity contribution in [3.05, 3.63) is 45.7 Å². The SMILES string of the molecule is CCCCCCCc1cc(=O)c2cc(CCS)ccc2[nH]1. The zero-order valence-corrected chi connectivity index (χ0v) is 13.7. The molecule has 0 aliphatic carbocycles. The molecular weight excluding hydrogens is 278 g/mol. The van der Waals surface area contributed by atoms with Crippen LogP contribution in [0, 0.1) is 0 Å². The molecule has 0 bridgehead atoms. The van der Waals surface area contributed by atoms with Gasteiger partial charge in [-0.1, -0.05) is 38.7 Å². The number of rotatable bonds is 8. The van der Waals surface area contributed by atoms with Crippen molar-refractivity contribution in [1.29, 1.82) is 0 Å². The summed E-state index contributed by atoms with van der Waals surface area (Å²) in [6.07, 6.45) is 8.13. The summed E-state index contributed by atoms with van der Waals surface area (Å²) in [5.41, 5.74) is 3.32. The van der Waals surface area contributed by atoms with Gasteiger partial charge in [0.05, 0.1) is 0 Å². The van der Waals surface area contributed by atoms with E-state index >= 15 is 0 Å². The minimum absolute atomic E-state index is 0.133. The monoisotopic (exact) mass is 303 g/mol. The van der Waals surface area contributed by atoms with Crippen molar-refractivity contribution in [1.82, 2.24) is 4.98 Å². The van der Waals surface area contributed by atoms with Gasteiger partial charge < -0.3 is 4.98 Å².